The number of benzene rings is 3. The van der Waals surface area contributed by atoms with E-state index in [1.54, 1.807) is 24.3 Å². The number of halogens is 3. The van der Waals surface area contributed by atoms with Crippen LogP contribution in [0.2, 0.25) is 5.02 Å². The molecule has 32 heavy (non-hydrogen) atoms. The molecule has 1 aliphatic rings. The summed E-state index contributed by atoms with van der Waals surface area (Å²) in [6.45, 7) is 0.596. The summed E-state index contributed by atoms with van der Waals surface area (Å²) in [6.07, 6.45) is 1.74. The Labute approximate surface area is 222 Å². The van der Waals surface area contributed by atoms with Gasteiger partial charge in [0.2, 0.25) is 0 Å². The van der Waals surface area contributed by atoms with Crippen molar-refractivity contribution >= 4 is 85.8 Å². The van der Waals surface area contributed by atoms with E-state index in [-0.39, 0.29) is 17.7 Å². The van der Waals surface area contributed by atoms with Gasteiger partial charge in [-0.05, 0) is 98.4 Å². The molecule has 3 aromatic rings. The van der Waals surface area contributed by atoms with Gasteiger partial charge in [-0.1, -0.05) is 54.1 Å². The number of thioether (sulfide) groups is 1. The van der Waals surface area contributed by atoms with Crippen LogP contribution in [0.3, 0.4) is 0 Å². The topological polar surface area (TPSA) is 46.6 Å². The van der Waals surface area contributed by atoms with Crippen molar-refractivity contribution in [2.75, 3.05) is 0 Å². The fourth-order valence-electron chi connectivity index (χ4n) is 3.16. The Morgan fingerprint density at radius 3 is 2.47 bits per heavy atom. The van der Waals surface area contributed by atoms with Crippen molar-refractivity contribution in [3.05, 3.63) is 100 Å². The molecule has 0 spiro atoms. The largest absolute Gasteiger partial charge is 0.487 e. The molecule has 1 fully saturated rings. The van der Waals surface area contributed by atoms with Crippen LogP contribution in [-0.4, -0.2) is 16.0 Å². The zero-order valence-corrected chi connectivity index (χ0v) is 22.4. The van der Waals surface area contributed by atoms with Gasteiger partial charge < -0.3 is 4.74 Å². The summed E-state index contributed by atoms with van der Waals surface area (Å²) in [6, 6.07) is 21.0. The summed E-state index contributed by atoms with van der Waals surface area (Å²) >= 11 is 11.4. The highest BCUT2D eigenvalue weighted by molar-refractivity contribution is 14.1. The molecule has 0 radical (unpaired) electrons. The number of carbonyl (C=O) groups excluding carboxylic acids is 2. The molecule has 0 N–H and O–H groups in total. The highest BCUT2D eigenvalue weighted by Gasteiger charge is 2.35. The average molecular weight is 688 g/mol. The first-order chi connectivity index (χ1) is 15.4. The molecule has 1 heterocycles. The normalized spacial score (nSPS) is 15.0. The van der Waals surface area contributed by atoms with Crippen molar-refractivity contribution in [3.63, 3.8) is 0 Å². The maximum absolute atomic E-state index is 13.0. The summed E-state index contributed by atoms with van der Waals surface area (Å²) in [7, 11) is 0. The lowest BCUT2D eigenvalue weighted by Gasteiger charge is -2.13. The van der Waals surface area contributed by atoms with Gasteiger partial charge in [0.1, 0.15) is 12.4 Å². The fraction of sp³-hybridized carbons (Fsp3) is 0.0833. The van der Waals surface area contributed by atoms with Crippen LogP contribution in [0.1, 0.15) is 16.7 Å². The van der Waals surface area contributed by atoms with E-state index in [4.69, 9.17) is 16.3 Å². The van der Waals surface area contributed by atoms with E-state index in [2.05, 4.69) is 45.2 Å². The number of nitrogens with zero attached hydrogens (tertiary/aromatic N) is 1. The molecule has 1 aliphatic heterocycles. The minimum atomic E-state index is -0.317. The molecule has 8 heteroatoms. The molecular weight excluding hydrogens is 672 g/mol. The summed E-state index contributed by atoms with van der Waals surface area (Å²) in [5, 5.41) is 0.270. The zero-order chi connectivity index (χ0) is 22.7. The lowest BCUT2D eigenvalue weighted by molar-refractivity contribution is -0.123. The van der Waals surface area contributed by atoms with Crippen LogP contribution in [0, 0.1) is 7.14 Å². The Bertz CT molecular complexity index is 1220. The lowest BCUT2D eigenvalue weighted by atomic mass is 10.1. The fourth-order valence-corrected chi connectivity index (χ4v) is 6.25. The third kappa shape index (κ3) is 5.67. The lowest BCUT2D eigenvalue weighted by Crippen LogP contribution is -2.27. The molecule has 162 valence electrons. The number of hydrogen-bond donors (Lipinski definition) is 0. The van der Waals surface area contributed by atoms with Gasteiger partial charge in [0.15, 0.2) is 0 Å². The Balaban J connectivity index is 1.60. The number of rotatable bonds is 6. The number of hydrogen-bond acceptors (Lipinski definition) is 4. The van der Waals surface area contributed by atoms with Crippen LogP contribution in [0.5, 0.6) is 5.75 Å². The second kappa shape index (κ2) is 10.6. The van der Waals surface area contributed by atoms with E-state index in [0.29, 0.717) is 22.3 Å². The highest BCUT2D eigenvalue weighted by atomic mass is 127. The van der Waals surface area contributed by atoms with E-state index >= 15 is 0 Å². The molecule has 4 nitrogen and oxygen atoms in total. The molecule has 2 amide bonds. The average Bonchev–Trinajstić information content (AvgIpc) is 3.01. The maximum atomic E-state index is 13.0. The van der Waals surface area contributed by atoms with Crippen LogP contribution < -0.4 is 4.74 Å². The van der Waals surface area contributed by atoms with Crippen LogP contribution in [0.4, 0.5) is 4.79 Å². The van der Waals surface area contributed by atoms with Crippen molar-refractivity contribution in [1.29, 1.82) is 0 Å². The van der Waals surface area contributed by atoms with Gasteiger partial charge in [-0.3, -0.25) is 14.5 Å². The van der Waals surface area contributed by atoms with Gasteiger partial charge in [-0.25, -0.2) is 0 Å². The van der Waals surface area contributed by atoms with Crippen LogP contribution in [-0.2, 0) is 17.9 Å². The van der Waals surface area contributed by atoms with Gasteiger partial charge in [-0.2, -0.15) is 0 Å². The SMILES string of the molecule is O=C1S/C(=C\c2cc(I)cc(I)c2OCc2ccccc2)C(=O)N1Cc1cccc(Cl)c1. The molecule has 0 aromatic heterocycles. The summed E-state index contributed by atoms with van der Waals surface area (Å²) in [5.74, 6) is 0.374. The van der Waals surface area contributed by atoms with Crippen molar-refractivity contribution in [2.45, 2.75) is 13.2 Å². The Kier molecular flexibility index (Phi) is 7.80. The molecule has 4 rings (SSSR count). The van der Waals surface area contributed by atoms with E-state index in [0.717, 1.165) is 35.6 Å². The molecule has 0 unspecified atom stereocenters. The van der Waals surface area contributed by atoms with E-state index < -0.39 is 0 Å². The Morgan fingerprint density at radius 1 is 0.969 bits per heavy atom. The van der Waals surface area contributed by atoms with Crippen molar-refractivity contribution in [2.24, 2.45) is 0 Å². The Hall–Kier alpha value is -1.56. The van der Waals surface area contributed by atoms with Crippen molar-refractivity contribution in [3.8, 4) is 5.75 Å². The smallest absolute Gasteiger partial charge is 0.293 e. The minimum absolute atomic E-state index is 0.184. The Morgan fingerprint density at radius 2 is 1.72 bits per heavy atom. The van der Waals surface area contributed by atoms with Gasteiger partial charge in [-0.15, -0.1) is 0 Å². The zero-order valence-electron chi connectivity index (χ0n) is 16.6. The molecule has 1 saturated heterocycles. The minimum Gasteiger partial charge on any atom is -0.487 e. The predicted molar refractivity (Wildman–Crippen MR) is 146 cm³/mol. The quantitative estimate of drug-likeness (QED) is 0.201. The third-order valence-electron chi connectivity index (χ3n) is 4.65. The van der Waals surface area contributed by atoms with Crippen LogP contribution in [0.25, 0.3) is 6.08 Å². The number of carbonyl (C=O) groups is 2. The standard InChI is InChI=1S/C24H16ClI2NO3S/c25-18-8-4-7-16(9-18)13-28-23(29)21(32-24(28)30)11-17-10-19(26)12-20(27)22(17)31-14-15-5-2-1-3-6-15/h1-12H,13-14H2/b21-11-. The van der Waals surface area contributed by atoms with Gasteiger partial charge in [0.05, 0.1) is 15.0 Å². The number of amides is 2. The first-order valence-electron chi connectivity index (χ1n) is 9.56. The van der Waals surface area contributed by atoms with Gasteiger partial charge in [0.25, 0.3) is 11.1 Å². The third-order valence-corrected chi connectivity index (χ3v) is 7.22. The molecule has 3 aromatic carbocycles. The monoisotopic (exact) mass is 687 g/mol. The van der Waals surface area contributed by atoms with E-state index in [1.165, 1.54) is 4.90 Å². The van der Waals surface area contributed by atoms with Crippen LogP contribution in [0.15, 0.2) is 71.6 Å². The molecule has 0 bridgehead atoms. The summed E-state index contributed by atoms with van der Waals surface area (Å²) in [5.41, 5.74) is 2.62. The molecular formula is C24H16ClI2NO3S. The predicted octanol–water partition coefficient (Wildman–Crippen LogP) is 7.36. The first kappa shape index (κ1) is 23.6. The van der Waals surface area contributed by atoms with Gasteiger partial charge >= 0.3 is 0 Å². The van der Waals surface area contributed by atoms with Gasteiger partial charge in [0, 0.05) is 14.2 Å². The molecule has 0 aliphatic carbocycles. The molecule has 0 saturated carbocycles. The van der Waals surface area contributed by atoms with Crippen molar-refractivity contribution in [1.82, 2.24) is 4.90 Å². The second-order valence-corrected chi connectivity index (χ2v) is 10.8. The van der Waals surface area contributed by atoms with E-state index in [9.17, 15) is 9.59 Å². The number of imide groups is 1. The second-order valence-electron chi connectivity index (χ2n) is 6.98. The molecule has 0 atom stereocenters. The van der Waals surface area contributed by atoms with E-state index in [1.807, 2.05) is 48.5 Å². The van der Waals surface area contributed by atoms with Crippen LogP contribution >= 0.6 is 68.5 Å². The summed E-state index contributed by atoms with van der Waals surface area (Å²) < 4.78 is 8.08. The highest BCUT2D eigenvalue weighted by Crippen LogP contribution is 2.37. The van der Waals surface area contributed by atoms with Crippen molar-refractivity contribution < 1.29 is 14.3 Å². The number of ether oxygens (including phenoxy) is 1. The summed E-state index contributed by atoms with van der Waals surface area (Å²) in [4.78, 5) is 27.2. The first-order valence-corrected chi connectivity index (χ1v) is 12.9. The maximum Gasteiger partial charge on any atom is 0.293 e.